The molecule has 0 aromatic heterocycles. The lowest BCUT2D eigenvalue weighted by Crippen LogP contribution is -2.68. The lowest BCUT2D eigenvalue weighted by molar-refractivity contribution is -0.350. The van der Waals surface area contributed by atoms with Gasteiger partial charge >= 0.3 is 0 Å². The first-order chi connectivity index (χ1) is 18.8. The monoisotopic (exact) mass is 584 g/mol. The van der Waals surface area contributed by atoms with Crippen LogP contribution < -0.4 is 10.6 Å². The number of aliphatic hydroxyl groups excluding tert-OH is 8. The highest BCUT2D eigenvalue weighted by Gasteiger charge is 2.52. The first-order valence-corrected chi connectivity index (χ1v) is 12.9. The summed E-state index contributed by atoms with van der Waals surface area (Å²) in [7, 11) is 0. The molecule has 2 amide bonds. The molecular formula is C23H40N2O15. The third kappa shape index (κ3) is 7.24. The van der Waals surface area contributed by atoms with Gasteiger partial charge in [0.25, 0.3) is 0 Å². The zero-order valence-corrected chi connectivity index (χ0v) is 22.2. The fraction of sp³-hybridized carbons (Fsp3) is 0.913. The summed E-state index contributed by atoms with van der Waals surface area (Å²) in [6.07, 6.45) is -18.8. The maximum absolute atomic E-state index is 11.9. The SMILES string of the molecule is CC(=O)NC1[C@H](OCC2O[C@@H](C)C(NC(C)=O)[C@@H](O)[C@H]2O)OC(CO)[C@@H](O[C@@H]2OC(CO)[C@H](O)[C@H](O)C2O)[C@@H]1O. The minimum absolute atomic E-state index is 0.404. The summed E-state index contributed by atoms with van der Waals surface area (Å²) in [4.78, 5) is 23.3. The minimum Gasteiger partial charge on any atom is -0.394 e. The number of nitrogens with one attached hydrogen (secondary N) is 2. The van der Waals surface area contributed by atoms with Crippen molar-refractivity contribution in [2.45, 2.75) is 113 Å². The smallest absolute Gasteiger partial charge is 0.217 e. The Morgan fingerprint density at radius 1 is 0.675 bits per heavy atom. The number of carbonyl (C=O) groups is 2. The van der Waals surface area contributed by atoms with E-state index in [0.717, 1.165) is 6.92 Å². The average Bonchev–Trinajstić information content (AvgIpc) is 2.90. The predicted octanol–water partition coefficient (Wildman–Crippen LogP) is -6.22. The van der Waals surface area contributed by atoms with E-state index in [2.05, 4.69) is 10.6 Å². The van der Waals surface area contributed by atoms with Crippen molar-refractivity contribution in [2.24, 2.45) is 0 Å². The lowest BCUT2D eigenvalue weighted by atomic mass is 9.93. The molecule has 3 aliphatic heterocycles. The molecule has 232 valence electrons. The Balaban J connectivity index is 1.73. The van der Waals surface area contributed by atoms with Crippen LogP contribution in [0.15, 0.2) is 0 Å². The Bertz CT molecular complexity index is 851. The number of hydrogen-bond donors (Lipinski definition) is 10. The second kappa shape index (κ2) is 14.1. The van der Waals surface area contributed by atoms with Crippen molar-refractivity contribution in [3.8, 4) is 0 Å². The van der Waals surface area contributed by atoms with Crippen LogP contribution in [0.3, 0.4) is 0 Å². The Morgan fingerprint density at radius 2 is 1.23 bits per heavy atom. The van der Waals surface area contributed by atoms with Crippen molar-refractivity contribution in [1.29, 1.82) is 0 Å². The van der Waals surface area contributed by atoms with Gasteiger partial charge in [-0.2, -0.15) is 0 Å². The van der Waals surface area contributed by atoms with E-state index in [1.165, 1.54) is 6.92 Å². The van der Waals surface area contributed by atoms with Crippen LogP contribution in [0.4, 0.5) is 0 Å². The van der Waals surface area contributed by atoms with E-state index in [1.807, 2.05) is 0 Å². The molecule has 17 nitrogen and oxygen atoms in total. The van der Waals surface area contributed by atoms with Crippen molar-refractivity contribution < 1.29 is 74.1 Å². The van der Waals surface area contributed by atoms with E-state index in [-0.39, 0.29) is 0 Å². The van der Waals surface area contributed by atoms with Crippen LogP contribution in [-0.2, 0) is 33.3 Å². The topological polar surface area (TPSA) is 266 Å². The molecule has 17 heteroatoms. The van der Waals surface area contributed by atoms with Crippen molar-refractivity contribution >= 4 is 11.8 Å². The molecule has 40 heavy (non-hydrogen) atoms. The van der Waals surface area contributed by atoms with Crippen LogP contribution in [0.5, 0.6) is 0 Å². The summed E-state index contributed by atoms with van der Waals surface area (Å²) < 4.78 is 28.1. The molecule has 0 bridgehead atoms. The van der Waals surface area contributed by atoms with Crippen LogP contribution >= 0.6 is 0 Å². The zero-order chi connectivity index (χ0) is 29.9. The van der Waals surface area contributed by atoms with Crippen molar-refractivity contribution in [3.63, 3.8) is 0 Å². The molecule has 3 rings (SSSR count). The third-order valence-corrected chi connectivity index (χ3v) is 7.15. The molecule has 10 N–H and O–H groups in total. The maximum Gasteiger partial charge on any atom is 0.217 e. The largest absolute Gasteiger partial charge is 0.394 e. The second-order valence-electron chi connectivity index (χ2n) is 10.2. The molecule has 3 aliphatic rings. The van der Waals surface area contributed by atoms with E-state index in [9.17, 15) is 50.4 Å². The normalized spacial score (nSPS) is 46.0. The molecule has 3 fully saturated rings. The van der Waals surface area contributed by atoms with Crippen molar-refractivity contribution in [3.05, 3.63) is 0 Å². The van der Waals surface area contributed by atoms with Gasteiger partial charge < -0.3 is 75.2 Å². The first kappa shape index (κ1) is 32.9. The summed E-state index contributed by atoms with van der Waals surface area (Å²) in [5.74, 6) is -1.04. The Labute approximate surface area is 229 Å². The molecule has 3 saturated heterocycles. The molecule has 15 atom stereocenters. The molecule has 0 aliphatic carbocycles. The number of hydrogen-bond acceptors (Lipinski definition) is 15. The first-order valence-electron chi connectivity index (χ1n) is 12.9. The molecule has 0 saturated carbocycles. The fourth-order valence-corrected chi connectivity index (χ4v) is 5.02. The quantitative estimate of drug-likeness (QED) is 0.121. The van der Waals surface area contributed by atoms with Crippen LogP contribution in [0, 0.1) is 0 Å². The van der Waals surface area contributed by atoms with Gasteiger partial charge in [0, 0.05) is 13.8 Å². The van der Waals surface area contributed by atoms with Crippen LogP contribution in [-0.4, -0.2) is 164 Å². The summed E-state index contributed by atoms with van der Waals surface area (Å²) in [6.45, 7) is 2.11. The minimum atomic E-state index is -1.81. The number of carbonyl (C=O) groups excluding carboxylic acids is 2. The lowest BCUT2D eigenvalue weighted by Gasteiger charge is -2.47. The molecule has 0 spiro atoms. The van der Waals surface area contributed by atoms with Gasteiger partial charge in [-0.25, -0.2) is 0 Å². The number of ether oxygens (including phenoxy) is 5. The van der Waals surface area contributed by atoms with E-state index in [1.54, 1.807) is 6.92 Å². The summed E-state index contributed by atoms with van der Waals surface area (Å²) in [5.41, 5.74) is 0. The standard InChI is InChI=1S/C23H40N2O15/c1-7-13(24-8(2)28)17(32)16(31)12(37-7)6-36-22-14(25-9(3)29)18(33)21(11(5-27)39-22)40-23-20(35)19(34)15(30)10(4-26)38-23/h7,10-23,26-27,30-35H,4-6H2,1-3H3,(H,24,28)(H,25,29)/t7-,10?,11?,12?,13?,14?,15-,16-,17+,18+,19-,20?,21+,22+,23-/m0/s1. The van der Waals surface area contributed by atoms with Crippen molar-refractivity contribution in [1.82, 2.24) is 10.6 Å². The second-order valence-corrected chi connectivity index (χ2v) is 10.2. The Morgan fingerprint density at radius 3 is 1.80 bits per heavy atom. The molecule has 6 unspecified atom stereocenters. The van der Waals surface area contributed by atoms with E-state index in [4.69, 9.17) is 23.7 Å². The van der Waals surface area contributed by atoms with Crippen LogP contribution in [0.1, 0.15) is 20.8 Å². The van der Waals surface area contributed by atoms with Crippen LogP contribution in [0.25, 0.3) is 0 Å². The Kier molecular flexibility index (Phi) is 11.6. The summed E-state index contributed by atoms with van der Waals surface area (Å²) in [6, 6.07) is -2.21. The highest BCUT2D eigenvalue weighted by atomic mass is 16.7. The molecule has 3 heterocycles. The zero-order valence-electron chi connectivity index (χ0n) is 22.2. The molecular weight excluding hydrogens is 544 g/mol. The highest BCUT2D eigenvalue weighted by Crippen LogP contribution is 2.30. The highest BCUT2D eigenvalue weighted by molar-refractivity contribution is 5.73. The number of rotatable bonds is 9. The summed E-state index contributed by atoms with van der Waals surface area (Å²) >= 11 is 0. The fourth-order valence-electron chi connectivity index (χ4n) is 5.02. The van der Waals surface area contributed by atoms with Gasteiger partial charge in [-0.05, 0) is 6.92 Å². The van der Waals surface area contributed by atoms with Gasteiger partial charge in [-0.3, -0.25) is 9.59 Å². The van der Waals surface area contributed by atoms with E-state index >= 15 is 0 Å². The molecule has 0 aromatic carbocycles. The van der Waals surface area contributed by atoms with Gasteiger partial charge in [0.05, 0.1) is 32.0 Å². The molecule has 0 aromatic rings. The Hall–Kier alpha value is -1.58. The van der Waals surface area contributed by atoms with Gasteiger partial charge in [-0.1, -0.05) is 0 Å². The van der Waals surface area contributed by atoms with Gasteiger partial charge in [-0.15, -0.1) is 0 Å². The predicted molar refractivity (Wildman–Crippen MR) is 128 cm³/mol. The maximum atomic E-state index is 11.9. The molecule has 0 radical (unpaired) electrons. The number of amides is 2. The summed E-state index contributed by atoms with van der Waals surface area (Å²) in [5, 5.41) is 86.8. The van der Waals surface area contributed by atoms with Crippen LogP contribution in [0.2, 0.25) is 0 Å². The average molecular weight is 585 g/mol. The van der Waals surface area contributed by atoms with Gasteiger partial charge in [0.1, 0.15) is 67.1 Å². The van der Waals surface area contributed by atoms with Crippen molar-refractivity contribution in [2.75, 3.05) is 19.8 Å². The number of aliphatic hydroxyl groups is 8. The third-order valence-electron chi connectivity index (χ3n) is 7.15. The van der Waals surface area contributed by atoms with E-state index < -0.39 is 123 Å². The van der Waals surface area contributed by atoms with Gasteiger partial charge in [0.15, 0.2) is 12.6 Å². The van der Waals surface area contributed by atoms with E-state index in [0.29, 0.717) is 0 Å². The van der Waals surface area contributed by atoms with Gasteiger partial charge in [0.2, 0.25) is 11.8 Å².